The molecule has 2 heterocycles. The van der Waals surface area contributed by atoms with Crippen molar-refractivity contribution in [1.82, 2.24) is 4.98 Å². The molecule has 0 amide bonds. The molecule has 1 aliphatic rings. The predicted molar refractivity (Wildman–Crippen MR) is 56.7 cm³/mol. The van der Waals surface area contributed by atoms with Gasteiger partial charge in [0.05, 0.1) is 17.7 Å². The maximum Gasteiger partial charge on any atom is 0.147 e. The maximum absolute atomic E-state index is 9.18. The third-order valence-electron chi connectivity index (χ3n) is 2.60. The van der Waals surface area contributed by atoms with Gasteiger partial charge >= 0.3 is 0 Å². The second-order valence-electron chi connectivity index (χ2n) is 3.48. The summed E-state index contributed by atoms with van der Waals surface area (Å²) < 4.78 is 0. The lowest BCUT2D eigenvalue weighted by Crippen LogP contribution is -2.32. The van der Waals surface area contributed by atoms with Crippen LogP contribution in [0.5, 0.6) is 0 Å². The highest BCUT2D eigenvalue weighted by molar-refractivity contribution is 6.32. The summed E-state index contributed by atoms with van der Waals surface area (Å²) in [5, 5.41) is 9.84. The molecule has 0 aliphatic carbocycles. The summed E-state index contributed by atoms with van der Waals surface area (Å²) in [6, 6.07) is 3.83. The molecule has 1 N–H and O–H groups in total. The number of rotatable bonds is 2. The molecule has 1 atom stereocenters. The zero-order valence-electron chi connectivity index (χ0n) is 7.86. The van der Waals surface area contributed by atoms with Crippen LogP contribution in [0.1, 0.15) is 12.8 Å². The van der Waals surface area contributed by atoms with Gasteiger partial charge in [0.25, 0.3) is 0 Å². The zero-order valence-corrected chi connectivity index (χ0v) is 8.61. The van der Waals surface area contributed by atoms with Crippen LogP contribution in [-0.2, 0) is 0 Å². The minimum absolute atomic E-state index is 0.174. The standard InChI is InChI=1S/C10H13ClN2O/c11-9-4-1-5-12-10(9)13-6-2-3-8(13)7-14/h1,4-5,8,14H,2-3,6-7H2. The normalized spacial score (nSPS) is 21.6. The first-order valence-corrected chi connectivity index (χ1v) is 5.18. The monoisotopic (exact) mass is 212 g/mol. The third-order valence-corrected chi connectivity index (χ3v) is 2.89. The van der Waals surface area contributed by atoms with Crippen LogP contribution in [-0.4, -0.2) is 29.3 Å². The lowest BCUT2D eigenvalue weighted by atomic mass is 10.2. The van der Waals surface area contributed by atoms with E-state index in [0.29, 0.717) is 5.02 Å². The van der Waals surface area contributed by atoms with Crippen molar-refractivity contribution in [3.8, 4) is 0 Å². The Morgan fingerprint density at radius 2 is 2.50 bits per heavy atom. The molecule has 76 valence electrons. The second kappa shape index (κ2) is 4.15. The topological polar surface area (TPSA) is 36.4 Å². The summed E-state index contributed by atoms with van der Waals surface area (Å²) in [5.41, 5.74) is 0. The van der Waals surface area contributed by atoms with Crippen LogP contribution in [0.25, 0.3) is 0 Å². The quantitative estimate of drug-likeness (QED) is 0.811. The van der Waals surface area contributed by atoms with Crippen molar-refractivity contribution in [3.05, 3.63) is 23.4 Å². The molecule has 0 radical (unpaired) electrons. The van der Waals surface area contributed by atoms with Crippen molar-refractivity contribution in [2.45, 2.75) is 18.9 Å². The lowest BCUT2D eigenvalue weighted by molar-refractivity contribution is 0.266. The van der Waals surface area contributed by atoms with Crippen molar-refractivity contribution < 1.29 is 5.11 Å². The van der Waals surface area contributed by atoms with Gasteiger partial charge in [0.1, 0.15) is 5.82 Å². The van der Waals surface area contributed by atoms with Gasteiger partial charge in [0, 0.05) is 12.7 Å². The SMILES string of the molecule is OCC1CCCN1c1ncccc1Cl. The third kappa shape index (κ3) is 1.70. The minimum atomic E-state index is 0.174. The molecule has 1 aromatic heterocycles. The molecule has 1 unspecified atom stereocenters. The van der Waals surface area contributed by atoms with Crippen LogP contribution in [0.15, 0.2) is 18.3 Å². The molecule has 14 heavy (non-hydrogen) atoms. The fourth-order valence-corrected chi connectivity index (χ4v) is 2.12. The Bertz CT molecular complexity index is 319. The summed E-state index contributed by atoms with van der Waals surface area (Å²) in [5.74, 6) is 0.797. The molecule has 4 heteroatoms. The van der Waals surface area contributed by atoms with Crippen molar-refractivity contribution in [3.63, 3.8) is 0 Å². The van der Waals surface area contributed by atoms with E-state index in [1.807, 2.05) is 12.1 Å². The first kappa shape index (κ1) is 9.74. The Morgan fingerprint density at radius 1 is 1.64 bits per heavy atom. The summed E-state index contributed by atoms with van der Waals surface area (Å²) in [4.78, 5) is 6.33. The Kier molecular flexibility index (Phi) is 2.89. The number of hydrogen-bond donors (Lipinski definition) is 1. The lowest BCUT2D eigenvalue weighted by Gasteiger charge is -2.24. The van der Waals surface area contributed by atoms with Gasteiger partial charge in [-0.15, -0.1) is 0 Å². The van der Waals surface area contributed by atoms with Crippen LogP contribution in [0.4, 0.5) is 5.82 Å². The number of aromatic nitrogens is 1. The number of nitrogens with zero attached hydrogens (tertiary/aromatic N) is 2. The average Bonchev–Trinajstić information content (AvgIpc) is 2.66. The Hall–Kier alpha value is -0.800. The van der Waals surface area contributed by atoms with Gasteiger partial charge in [-0.2, -0.15) is 0 Å². The highest BCUT2D eigenvalue weighted by atomic mass is 35.5. The maximum atomic E-state index is 9.18. The Morgan fingerprint density at radius 3 is 3.21 bits per heavy atom. The van der Waals surface area contributed by atoms with Crippen LogP contribution in [0, 0.1) is 0 Å². The highest BCUT2D eigenvalue weighted by Crippen LogP contribution is 2.29. The molecule has 0 bridgehead atoms. The molecule has 1 aliphatic heterocycles. The van der Waals surface area contributed by atoms with Gasteiger partial charge < -0.3 is 10.0 Å². The molecule has 1 aromatic rings. The number of halogens is 1. The molecule has 0 saturated carbocycles. The van der Waals surface area contributed by atoms with E-state index in [9.17, 15) is 5.11 Å². The van der Waals surface area contributed by atoms with Gasteiger partial charge in [-0.1, -0.05) is 11.6 Å². The van der Waals surface area contributed by atoms with Crippen molar-refractivity contribution in [2.24, 2.45) is 0 Å². The van der Waals surface area contributed by atoms with Gasteiger partial charge in [0.2, 0.25) is 0 Å². The molecule has 1 fully saturated rings. The number of aliphatic hydroxyl groups is 1. The van der Waals surface area contributed by atoms with Gasteiger partial charge in [0.15, 0.2) is 0 Å². The van der Waals surface area contributed by atoms with E-state index in [2.05, 4.69) is 9.88 Å². The van der Waals surface area contributed by atoms with E-state index >= 15 is 0 Å². The van der Waals surface area contributed by atoms with E-state index in [-0.39, 0.29) is 12.6 Å². The van der Waals surface area contributed by atoms with Crippen LogP contribution >= 0.6 is 11.6 Å². The summed E-state index contributed by atoms with van der Waals surface area (Å²) >= 11 is 6.04. The number of hydrogen-bond acceptors (Lipinski definition) is 3. The van der Waals surface area contributed by atoms with E-state index in [4.69, 9.17) is 11.6 Å². The zero-order chi connectivity index (χ0) is 9.97. The average molecular weight is 213 g/mol. The first-order chi connectivity index (χ1) is 6.83. The summed E-state index contributed by atoms with van der Waals surface area (Å²) in [6.07, 6.45) is 3.84. The van der Waals surface area contributed by atoms with Gasteiger partial charge in [-0.05, 0) is 25.0 Å². The molecule has 3 nitrogen and oxygen atoms in total. The Balaban J connectivity index is 2.26. The van der Waals surface area contributed by atoms with Crippen molar-refractivity contribution in [2.75, 3.05) is 18.1 Å². The summed E-state index contributed by atoms with van der Waals surface area (Å²) in [6.45, 7) is 1.11. The molecule has 0 aromatic carbocycles. The smallest absolute Gasteiger partial charge is 0.147 e. The van der Waals surface area contributed by atoms with Crippen LogP contribution < -0.4 is 4.90 Å². The van der Waals surface area contributed by atoms with E-state index in [1.165, 1.54) is 0 Å². The molecular weight excluding hydrogens is 200 g/mol. The molecule has 1 saturated heterocycles. The van der Waals surface area contributed by atoms with E-state index < -0.39 is 0 Å². The second-order valence-corrected chi connectivity index (χ2v) is 3.89. The van der Waals surface area contributed by atoms with Crippen molar-refractivity contribution in [1.29, 1.82) is 0 Å². The molecule has 2 rings (SSSR count). The predicted octanol–water partition coefficient (Wildman–Crippen LogP) is 1.70. The summed E-state index contributed by atoms with van der Waals surface area (Å²) in [7, 11) is 0. The van der Waals surface area contributed by atoms with E-state index in [1.54, 1.807) is 6.20 Å². The van der Waals surface area contributed by atoms with Crippen molar-refractivity contribution >= 4 is 17.4 Å². The van der Waals surface area contributed by atoms with Crippen LogP contribution in [0.2, 0.25) is 5.02 Å². The van der Waals surface area contributed by atoms with Gasteiger partial charge in [-0.3, -0.25) is 0 Å². The number of anilines is 1. The fraction of sp³-hybridized carbons (Fsp3) is 0.500. The largest absolute Gasteiger partial charge is 0.394 e. The Labute approximate surface area is 88.3 Å². The molecule has 0 spiro atoms. The number of pyridine rings is 1. The number of aliphatic hydroxyl groups excluding tert-OH is 1. The van der Waals surface area contributed by atoms with Crippen LogP contribution in [0.3, 0.4) is 0 Å². The molecular formula is C10H13ClN2O. The minimum Gasteiger partial charge on any atom is -0.394 e. The van der Waals surface area contributed by atoms with Gasteiger partial charge in [-0.25, -0.2) is 4.98 Å². The van der Waals surface area contributed by atoms with E-state index in [0.717, 1.165) is 25.2 Å². The first-order valence-electron chi connectivity index (χ1n) is 4.81. The highest BCUT2D eigenvalue weighted by Gasteiger charge is 2.25. The fourth-order valence-electron chi connectivity index (χ4n) is 1.89.